The van der Waals surface area contributed by atoms with Gasteiger partial charge in [-0.05, 0) is 112 Å². The van der Waals surface area contributed by atoms with Crippen molar-refractivity contribution >= 4 is 11.9 Å². The molecule has 6 unspecified atom stereocenters. The van der Waals surface area contributed by atoms with Gasteiger partial charge in [0.05, 0.1) is 18.8 Å². The van der Waals surface area contributed by atoms with Crippen LogP contribution in [0.15, 0.2) is 35.5 Å². The summed E-state index contributed by atoms with van der Waals surface area (Å²) in [4.78, 5) is 24.8. The van der Waals surface area contributed by atoms with Crippen LogP contribution in [-0.4, -0.2) is 42.1 Å². The minimum atomic E-state index is -0.822. The van der Waals surface area contributed by atoms with Crippen molar-refractivity contribution in [3.63, 3.8) is 0 Å². The molecule has 0 aromatic heterocycles. The number of ether oxygens (including phenoxy) is 3. The third-order valence-corrected chi connectivity index (χ3v) is 13.1. The quantitative estimate of drug-likeness (QED) is 0.246. The van der Waals surface area contributed by atoms with Gasteiger partial charge < -0.3 is 19.3 Å². The van der Waals surface area contributed by atoms with E-state index in [-0.39, 0.29) is 22.9 Å². The molecule has 6 nitrogen and oxygen atoms in total. The van der Waals surface area contributed by atoms with E-state index in [0.29, 0.717) is 54.3 Å². The number of carboxylic acid groups (broad SMARTS) is 1. The van der Waals surface area contributed by atoms with Crippen molar-refractivity contribution in [2.45, 2.75) is 117 Å². The zero-order valence-electron chi connectivity index (χ0n) is 26.2. The van der Waals surface area contributed by atoms with Gasteiger partial charge >= 0.3 is 11.9 Å². The highest BCUT2D eigenvalue weighted by molar-refractivity contribution is 5.91. The number of rotatable bonds is 7. The van der Waals surface area contributed by atoms with Crippen molar-refractivity contribution < 1.29 is 28.9 Å². The summed E-state index contributed by atoms with van der Waals surface area (Å²) in [7, 11) is 0. The molecular weight excluding hydrogens is 528 g/mol. The first kappa shape index (κ1) is 30.1. The van der Waals surface area contributed by atoms with Gasteiger partial charge in [-0.3, -0.25) is 0 Å². The number of aliphatic carboxylic acids is 1. The Balaban J connectivity index is 1.26. The molecule has 5 aliphatic carbocycles. The van der Waals surface area contributed by atoms with E-state index in [1.165, 1.54) is 25.7 Å². The minimum Gasteiger partial charge on any atom is -0.478 e. The van der Waals surface area contributed by atoms with Gasteiger partial charge in [0, 0.05) is 24.3 Å². The number of allylic oxidation sites excluding steroid dienone is 3. The van der Waals surface area contributed by atoms with Gasteiger partial charge in [0.2, 0.25) is 0 Å². The van der Waals surface area contributed by atoms with E-state index in [1.54, 1.807) is 6.92 Å². The molecule has 1 spiro atoms. The zero-order valence-corrected chi connectivity index (χ0v) is 26.2. The Hall–Kier alpha value is -1.92. The maximum Gasteiger partial charge on any atom is 0.338 e. The van der Waals surface area contributed by atoms with Gasteiger partial charge in [0.25, 0.3) is 0 Å². The lowest BCUT2D eigenvalue weighted by Crippen LogP contribution is -2.60. The number of esters is 1. The van der Waals surface area contributed by atoms with Crippen molar-refractivity contribution in [3.05, 3.63) is 35.5 Å². The second-order valence-corrected chi connectivity index (χ2v) is 15.1. The van der Waals surface area contributed by atoms with Crippen molar-refractivity contribution in [2.24, 2.45) is 46.3 Å². The topological polar surface area (TPSA) is 82.1 Å². The fourth-order valence-electron chi connectivity index (χ4n) is 10.8. The number of carbonyl (C=O) groups excluding carboxylic acids is 1. The largest absolute Gasteiger partial charge is 0.478 e. The molecule has 42 heavy (non-hydrogen) atoms. The van der Waals surface area contributed by atoms with E-state index in [4.69, 9.17) is 14.2 Å². The summed E-state index contributed by atoms with van der Waals surface area (Å²) in [6, 6.07) is 0. The Morgan fingerprint density at radius 1 is 1.07 bits per heavy atom. The molecule has 0 aromatic rings. The summed E-state index contributed by atoms with van der Waals surface area (Å²) in [6.45, 7) is 10.5. The van der Waals surface area contributed by atoms with E-state index >= 15 is 0 Å². The highest BCUT2D eigenvalue weighted by Crippen LogP contribution is 2.69. The Labute approximate surface area is 252 Å². The van der Waals surface area contributed by atoms with E-state index in [1.807, 2.05) is 18.2 Å². The Morgan fingerprint density at radius 3 is 2.55 bits per heavy atom. The molecule has 4 saturated carbocycles. The third kappa shape index (κ3) is 5.23. The first-order valence-corrected chi connectivity index (χ1v) is 16.8. The van der Waals surface area contributed by atoms with Crippen LogP contribution in [0.4, 0.5) is 0 Å². The molecule has 6 rings (SSSR count). The van der Waals surface area contributed by atoms with Gasteiger partial charge in [-0.15, -0.1) is 0 Å². The fourth-order valence-corrected chi connectivity index (χ4v) is 10.8. The van der Waals surface area contributed by atoms with Crippen LogP contribution in [0.2, 0.25) is 0 Å². The number of carbonyl (C=O) groups is 2. The summed E-state index contributed by atoms with van der Waals surface area (Å²) in [5.41, 5.74) is 1.59. The summed E-state index contributed by atoms with van der Waals surface area (Å²) < 4.78 is 19.1. The number of carboxylic acids is 1. The molecule has 0 radical (unpaired) electrons. The molecule has 5 fully saturated rings. The molecule has 0 aromatic carbocycles. The molecule has 232 valence electrons. The predicted octanol–water partition coefficient (Wildman–Crippen LogP) is 7.63. The Kier molecular flexibility index (Phi) is 8.28. The number of fused-ring (bicyclic) bond motifs is 5. The van der Waals surface area contributed by atoms with Gasteiger partial charge in [-0.1, -0.05) is 45.1 Å². The lowest BCUT2D eigenvalue weighted by Gasteiger charge is -2.63. The smallest absolute Gasteiger partial charge is 0.338 e. The van der Waals surface area contributed by atoms with Crippen LogP contribution in [0, 0.1) is 46.3 Å². The van der Waals surface area contributed by atoms with Crippen LogP contribution in [-0.2, 0) is 23.8 Å². The van der Waals surface area contributed by atoms with E-state index in [0.717, 1.165) is 56.9 Å². The average Bonchev–Trinajstić information content (AvgIpc) is 3.58. The molecule has 1 heterocycles. The van der Waals surface area contributed by atoms with E-state index < -0.39 is 11.8 Å². The maximum atomic E-state index is 13.6. The van der Waals surface area contributed by atoms with Crippen LogP contribution < -0.4 is 0 Å². The molecule has 9 atom stereocenters. The summed E-state index contributed by atoms with van der Waals surface area (Å²) in [5.74, 6) is 1.62. The summed E-state index contributed by atoms with van der Waals surface area (Å²) in [6.07, 6.45) is 20.4. The van der Waals surface area contributed by atoms with E-state index in [9.17, 15) is 14.7 Å². The second kappa shape index (κ2) is 11.5. The monoisotopic (exact) mass is 580 g/mol. The average molecular weight is 581 g/mol. The third-order valence-electron chi connectivity index (χ3n) is 13.1. The van der Waals surface area contributed by atoms with Gasteiger partial charge in [0.1, 0.15) is 6.10 Å². The van der Waals surface area contributed by atoms with Gasteiger partial charge in [-0.2, -0.15) is 0 Å². The summed E-state index contributed by atoms with van der Waals surface area (Å²) in [5, 5.41) is 9.27. The standard InChI is InChI=1S/C36H52O6/c1-23(9-8-10-24(2)32(37)38)27-13-14-28-31-29(15-16-35(27,28)4)34(3)17-18-36(40-19-20-41-36)22-26(34)21-30(31)42-33(39)25-11-6-5-7-12-25/h6,10-12,23,26-31H,5,7-9,13-22H2,1-4H3,(H,37,38)/b24-10+/t23-,26+,27?,28?,29?,30-,31?,34?,35?/m1/s1. The summed E-state index contributed by atoms with van der Waals surface area (Å²) >= 11 is 0. The predicted molar refractivity (Wildman–Crippen MR) is 161 cm³/mol. The van der Waals surface area contributed by atoms with Gasteiger partial charge in [-0.25, -0.2) is 9.59 Å². The Morgan fingerprint density at radius 2 is 1.83 bits per heavy atom. The lowest BCUT2D eigenvalue weighted by molar-refractivity contribution is -0.245. The number of hydrogen-bond donors (Lipinski definition) is 1. The van der Waals surface area contributed by atoms with Crippen LogP contribution in [0.25, 0.3) is 0 Å². The zero-order chi connectivity index (χ0) is 29.7. The highest BCUT2D eigenvalue weighted by Gasteiger charge is 2.65. The van der Waals surface area contributed by atoms with Crippen molar-refractivity contribution in [1.82, 2.24) is 0 Å². The molecule has 1 N–H and O–H groups in total. The molecule has 6 aliphatic rings. The molecule has 1 aliphatic heterocycles. The van der Waals surface area contributed by atoms with Crippen LogP contribution in [0.5, 0.6) is 0 Å². The first-order valence-electron chi connectivity index (χ1n) is 16.8. The molecule has 0 amide bonds. The highest BCUT2D eigenvalue weighted by atomic mass is 16.7. The van der Waals surface area contributed by atoms with Gasteiger partial charge in [0.15, 0.2) is 5.79 Å². The normalized spacial score (nSPS) is 41.4. The minimum absolute atomic E-state index is 0.0758. The van der Waals surface area contributed by atoms with E-state index in [2.05, 4.69) is 26.8 Å². The second-order valence-electron chi connectivity index (χ2n) is 15.1. The molecule has 6 heteroatoms. The van der Waals surface area contributed by atoms with Crippen molar-refractivity contribution in [2.75, 3.05) is 13.2 Å². The molecular formula is C36H52O6. The van der Waals surface area contributed by atoms with Crippen LogP contribution in [0.3, 0.4) is 0 Å². The number of hydrogen-bond acceptors (Lipinski definition) is 5. The fraction of sp³-hybridized carbons (Fsp3) is 0.778. The van der Waals surface area contributed by atoms with Crippen LogP contribution >= 0.6 is 0 Å². The SMILES string of the molecule is C/C(=C\CC[C@@H](C)C1CCC2C3C(CCC21C)C1(C)CCC2(C[C@@H]1C[C@H]3OC(=O)C1=CCCC=C1)OCCO2)C(=O)O. The molecule has 0 bridgehead atoms. The van der Waals surface area contributed by atoms with Crippen LogP contribution in [0.1, 0.15) is 105 Å². The maximum absolute atomic E-state index is 13.6. The first-order chi connectivity index (χ1) is 20.1. The Bertz CT molecular complexity index is 1150. The van der Waals surface area contributed by atoms with Crippen molar-refractivity contribution in [3.8, 4) is 0 Å². The van der Waals surface area contributed by atoms with Crippen molar-refractivity contribution in [1.29, 1.82) is 0 Å². The molecule has 1 saturated heterocycles. The lowest BCUT2D eigenvalue weighted by atomic mass is 9.43.